The van der Waals surface area contributed by atoms with Gasteiger partial charge in [0, 0.05) is 37.0 Å². The van der Waals surface area contributed by atoms with Crippen molar-refractivity contribution in [2.75, 3.05) is 6.61 Å². The number of aliphatic carboxylic acids is 1. The predicted octanol–water partition coefficient (Wildman–Crippen LogP) is 7.58. The topological polar surface area (TPSA) is 82.8 Å². The zero-order valence-corrected chi connectivity index (χ0v) is 24.8. The Morgan fingerprint density at radius 3 is 2.49 bits per heavy atom. The van der Waals surface area contributed by atoms with Crippen LogP contribution in [0.2, 0.25) is 5.02 Å². The third-order valence-corrected chi connectivity index (χ3v) is 7.60. The molecule has 5 rings (SSSR count). The van der Waals surface area contributed by atoms with E-state index in [-0.39, 0.29) is 18.8 Å². The molecule has 9 heteroatoms. The second-order valence-corrected chi connectivity index (χ2v) is 10.7. The molecule has 0 atom stereocenters. The molecule has 218 valence electrons. The first-order valence-corrected chi connectivity index (χ1v) is 14.3. The van der Waals surface area contributed by atoms with E-state index in [1.54, 1.807) is 0 Å². The third-order valence-electron chi connectivity index (χ3n) is 7.35. The SMILES string of the molecule is Cl.Cn1c(CCOc2ccc(CCC(=O)O)c(OCc3ccc(Cl)cc3)c2)nc2ccc(OC3CCCCC3)cc21. The normalized spacial score (nSPS) is 13.5. The number of aromatic nitrogens is 2. The van der Waals surface area contributed by atoms with Gasteiger partial charge in [0.25, 0.3) is 0 Å². The van der Waals surface area contributed by atoms with Crippen LogP contribution in [-0.2, 0) is 31.3 Å². The monoisotopic (exact) mass is 598 g/mol. The molecular weight excluding hydrogens is 563 g/mol. The maximum absolute atomic E-state index is 11.1. The number of hydrogen-bond acceptors (Lipinski definition) is 5. The molecule has 4 aromatic rings. The lowest BCUT2D eigenvalue weighted by molar-refractivity contribution is -0.136. The van der Waals surface area contributed by atoms with Crippen LogP contribution in [0.15, 0.2) is 60.7 Å². The Labute approximate surface area is 251 Å². The van der Waals surface area contributed by atoms with Crippen molar-refractivity contribution in [3.63, 3.8) is 0 Å². The first-order valence-electron chi connectivity index (χ1n) is 13.9. The van der Waals surface area contributed by atoms with E-state index >= 15 is 0 Å². The second-order valence-electron chi connectivity index (χ2n) is 10.3. The largest absolute Gasteiger partial charge is 0.493 e. The highest BCUT2D eigenvalue weighted by atomic mass is 35.5. The summed E-state index contributed by atoms with van der Waals surface area (Å²) in [6.45, 7) is 0.778. The highest BCUT2D eigenvalue weighted by Gasteiger charge is 2.16. The van der Waals surface area contributed by atoms with Gasteiger partial charge in [-0.05, 0) is 73.6 Å². The molecule has 1 aliphatic carbocycles. The summed E-state index contributed by atoms with van der Waals surface area (Å²) in [5.41, 5.74) is 3.78. The fourth-order valence-electron chi connectivity index (χ4n) is 5.10. The molecule has 3 aromatic carbocycles. The zero-order chi connectivity index (χ0) is 27.9. The Balaban J connectivity index is 0.00000387. The quantitative estimate of drug-likeness (QED) is 0.181. The molecule has 41 heavy (non-hydrogen) atoms. The van der Waals surface area contributed by atoms with Crippen molar-refractivity contribution in [2.24, 2.45) is 7.05 Å². The molecule has 1 aliphatic rings. The molecule has 1 saturated carbocycles. The van der Waals surface area contributed by atoms with Crippen LogP contribution in [0.25, 0.3) is 11.0 Å². The van der Waals surface area contributed by atoms with Gasteiger partial charge in [-0.1, -0.05) is 36.2 Å². The number of fused-ring (bicyclic) bond motifs is 1. The molecule has 0 saturated heterocycles. The van der Waals surface area contributed by atoms with E-state index in [2.05, 4.69) is 10.6 Å². The van der Waals surface area contributed by atoms with Crippen LogP contribution in [0.1, 0.15) is 55.5 Å². The van der Waals surface area contributed by atoms with Crippen LogP contribution in [0, 0.1) is 0 Å². The molecule has 0 radical (unpaired) electrons. The van der Waals surface area contributed by atoms with Crippen molar-refractivity contribution in [3.8, 4) is 17.2 Å². The lowest BCUT2D eigenvalue weighted by Gasteiger charge is -2.23. The van der Waals surface area contributed by atoms with Crippen molar-refractivity contribution in [2.45, 2.75) is 64.1 Å². The van der Waals surface area contributed by atoms with E-state index in [1.807, 2.05) is 61.6 Å². The summed E-state index contributed by atoms with van der Waals surface area (Å²) < 4.78 is 20.5. The van der Waals surface area contributed by atoms with E-state index < -0.39 is 5.97 Å². The van der Waals surface area contributed by atoms with Gasteiger partial charge in [0.1, 0.15) is 29.7 Å². The third kappa shape index (κ3) is 8.30. The molecule has 1 aromatic heterocycles. The molecule has 0 amide bonds. The van der Waals surface area contributed by atoms with Crippen LogP contribution in [0.3, 0.4) is 0 Å². The number of rotatable bonds is 12. The van der Waals surface area contributed by atoms with Crippen molar-refractivity contribution in [1.82, 2.24) is 9.55 Å². The fraction of sp³-hybridized carbons (Fsp3) is 0.375. The zero-order valence-electron chi connectivity index (χ0n) is 23.2. The Morgan fingerprint density at radius 1 is 0.976 bits per heavy atom. The van der Waals surface area contributed by atoms with Crippen LogP contribution in [0.4, 0.5) is 0 Å². The summed E-state index contributed by atoms with van der Waals surface area (Å²) in [7, 11) is 2.02. The van der Waals surface area contributed by atoms with Gasteiger partial charge in [0.2, 0.25) is 0 Å². The first kappa shape index (κ1) is 30.5. The van der Waals surface area contributed by atoms with Crippen molar-refractivity contribution < 1.29 is 24.1 Å². The number of aryl methyl sites for hydroxylation is 2. The van der Waals surface area contributed by atoms with Crippen molar-refractivity contribution in [1.29, 1.82) is 0 Å². The average molecular weight is 600 g/mol. The van der Waals surface area contributed by atoms with Crippen molar-refractivity contribution in [3.05, 3.63) is 82.6 Å². The van der Waals surface area contributed by atoms with E-state index in [1.165, 1.54) is 19.3 Å². The number of imidazole rings is 1. The van der Waals surface area contributed by atoms with E-state index in [0.29, 0.717) is 48.7 Å². The number of carboxylic acids is 1. The van der Waals surface area contributed by atoms with Crippen LogP contribution in [0.5, 0.6) is 17.2 Å². The number of nitrogens with zero attached hydrogens (tertiary/aromatic N) is 2. The maximum atomic E-state index is 11.1. The second kappa shape index (κ2) is 14.5. The van der Waals surface area contributed by atoms with Crippen LogP contribution >= 0.6 is 24.0 Å². The summed E-state index contributed by atoms with van der Waals surface area (Å²) in [5.74, 6) is 2.26. The summed E-state index contributed by atoms with van der Waals surface area (Å²) >= 11 is 5.99. The summed E-state index contributed by atoms with van der Waals surface area (Å²) in [5, 5.41) is 9.81. The van der Waals surface area contributed by atoms with Gasteiger partial charge in [0.05, 0.1) is 23.7 Å². The molecule has 1 fully saturated rings. The number of hydrogen-bond donors (Lipinski definition) is 1. The minimum Gasteiger partial charge on any atom is -0.493 e. The maximum Gasteiger partial charge on any atom is 0.303 e. The minimum absolute atomic E-state index is 0. The number of carbonyl (C=O) groups is 1. The summed E-state index contributed by atoms with van der Waals surface area (Å²) in [6.07, 6.45) is 7.37. The lowest BCUT2D eigenvalue weighted by atomic mass is 9.98. The van der Waals surface area contributed by atoms with Gasteiger partial charge in [-0.2, -0.15) is 0 Å². The van der Waals surface area contributed by atoms with E-state index in [9.17, 15) is 4.79 Å². The van der Waals surface area contributed by atoms with Crippen LogP contribution < -0.4 is 14.2 Å². The first-order chi connectivity index (χ1) is 19.4. The number of halogens is 2. The Bertz CT molecular complexity index is 1450. The van der Waals surface area contributed by atoms with Gasteiger partial charge in [0.15, 0.2) is 0 Å². The number of carboxylic acid groups (broad SMARTS) is 1. The molecule has 0 bridgehead atoms. The van der Waals surface area contributed by atoms with Crippen molar-refractivity contribution >= 4 is 41.0 Å². The van der Waals surface area contributed by atoms with Gasteiger partial charge in [-0.3, -0.25) is 4.79 Å². The molecule has 1 N–H and O–H groups in total. The van der Waals surface area contributed by atoms with Gasteiger partial charge in [-0.15, -0.1) is 12.4 Å². The lowest BCUT2D eigenvalue weighted by Crippen LogP contribution is -2.19. The number of benzene rings is 3. The molecule has 0 spiro atoms. The Morgan fingerprint density at radius 2 is 1.73 bits per heavy atom. The molecular formula is C32H36Cl2N2O5. The van der Waals surface area contributed by atoms with Gasteiger partial charge in [-0.25, -0.2) is 4.98 Å². The van der Waals surface area contributed by atoms with E-state index in [4.69, 9.17) is 35.9 Å². The molecule has 7 nitrogen and oxygen atoms in total. The van der Waals surface area contributed by atoms with Crippen LogP contribution in [-0.4, -0.2) is 33.3 Å². The molecule has 1 heterocycles. The number of ether oxygens (including phenoxy) is 3. The van der Waals surface area contributed by atoms with Gasteiger partial charge < -0.3 is 23.9 Å². The highest BCUT2D eigenvalue weighted by Crippen LogP contribution is 2.29. The molecule has 0 aliphatic heterocycles. The molecule has 0 unspecified atom stereocenters. The predicted molar refractivity (Wildman–Crippen MR) is 163 cm³/mol. The summed E-state index contributed by atoms with van der Waals surface area (Å²) in [6, 6.07) is 19.1. The Hall–Kier alpha value is -3.42. The van der Waals surface area contributed by atoms with Gasteiger partial charge >= 0.3 is 5.97 Å². The van der Waals surface area contributed by atoms with E-state index in [0.717, 1.165) is 46.6 Å². The average Bonchev–Trinajstić information content (AvgIpc) is 3.27. The standard InChI is InChI=1S/C32H35ClN2O5.ClH/c1-35-29-19-27(40-25-5-3-2-4-6-25)14-15-28(29)34-31(35)17-18-38-26-13-9-23(10-16-32(36)37)30(20-26)39-21-22-7-11-24(33)12-8-22;/h7-9,11-15,19-20,25H,2-6,10,16-18,21H2,1H3,(H,36,37);1H. The summed E-state index contributed by atoms with van der Waals surface area (Å²) in [4.78, 5) is 16.0. The Kier molecular flexibility index (Phi) is 10.8. The minimum atomic E-state index is -0.848. The highest BCUT2D eigenvalue weighted by molar-refractivity contribution is 6.30. The fourth-order valence-corrected chi connectivity index (χ4v) is 5.23. The smallest absolute Gasteiger partial charge is 0.303 e.